The van der Waals surface area contributed by atoms with Gasteiger partial charge in [0.15, 0.2) is 0 Å². The zero-order valence-electron chi connectivity index (χ0n) is 15.5. The van der Waals surface area contributed by atoms with Crippen molar-refractivity contribution in [3.8, 4) is 0 Å². The second-order valence-corrected chi connectivity index (χ2v) is 7.07. The van der Waals surface area contributed by atoms with Gasteiger partial charge in [0.2, 0.25) is 11.8 Å². The van der Waals surface area contributed by atoms with Crippen molar-refractivity contribution in [2.45, 2.75) is 53.2 Å². The van der Waals surface area contributed by atoms with Crippen LogP contribution in [0.5, 0.6) is 0 Å². The minimum absolute atomic E-state index is 0.000394. The van der Waals surface area contributed by atoms with Crippen LogP contribution in [0.1, 0.15) is 41.5 Å². The monoisotopic (exact) mass is 329 g/mol. The number of ether oxygens (including phenoxy) is 1. The summed E-state index contributed by atoms with van der Waals surface area (Å²) in [5.41, 5.74) is -0.600. The van der Waals surface area contributed by atoms with Crippen molar-refractivity contribution in [3.63, 3.8) is 0 Å². The first kappa shape index (κ1) is 21.2. The summed E-state index contributed by atoms with van der Waals surface area (Å²) < 4.78 is 5.22. The summed E-state index contributed by atoms with van der Waals surface area (Å²) >= 11 is 0. The molecule has 7 heteroatoms. The fraction of sp³-hybridized carbons (Fsp3) is 0.812. The molecule has 0 aromatic carbocycles. The fourth-order valence-electron chi connectivity index (χ4n) is 2.29. The Morgan fingerprint density at radius 3 is 2.04 bits per heavy atom. The van der Waals surface area contributed by atoms with E-state index in [0.717, 1.165) is 0 Å². The van der Waals surface area contributed by atoms with Gasteiger partial charge in [-0.2, -0.15) is 0 Å². The van der Waals surface area contributed by atoms with Crippen LogP contribution in [0.4, 0.5) is 4.79 Å². The third kappa shape index (κ3) is 7.85. The molecule has 0 aromatic rings. The summed E-state index contributed by atoms with van der Waals surface area (Å²) in [4.78, 5) is 37.3. The molecule has 0 unspecified atom stereocenters. The van der Waals surface area contributed by atoms with Gasteiger partial charge in [0.1, 0.15) is 5.60 Å². The predicted molar refractivity (Wildman–Crippen MR) is 88.9 cm³/mol. The number of nitrogens with zero attached hydrogens (tertiary/aromatic N) is 1. The zero-order valence-corrected chi connectivity index (χ0v) is 15.5. The van der Waals surface area contributed by atoms with Crippen molar-refractivity contribution in [3.05, 3.63) is 0 Å². The molecule has 2 atom stereocenters. The highest BCUT2D eigenvalue weighted by Crippen LogP contribution is 2.19. The molecule has 0 bridgehead atoms. The van der Waals surface area contributed by atoms with Gasteiger partial charge in [-0.15, -0.1) is 0 Å². The Morgan fingerprint density at radius 2 is 1.65 bits per heavy atom. The van der Waals surface area contributed by atoms with E-state index >= 15 is 0 Å². The van der Waals surface area contributed by atoms with Gasteiger partial charge in [-0.3, -0.25) is 9.59 Å². The topological polar surface area (TPSA) is 87.7 Å². The molecule has 0 radical (unpaired) electrons. The molecule has 0 aromatic heterocycles. The molecule has 0 heterocycles. The molecular formula is C16H31N3O4. The van der Waals surface area contributed by atoms with Gasteiger partial charge in [0, 0.05) is 20.1 Å². The van der Waals surface area contributed by atoms with Gasteiger partial charge in [0.25, 0.3) is 0 Å². The third-order valence-electron chi connectivity index (χ3n) is 3.32. The summed E-state index contributed by atoms with van der Waals surface area (Å²) in [7, 11) is 3.10. The van der Waals surface area contributed by atoms with Crippen molar-refractivity contribution in [2.24, 2.45) is 11.8 Å². The first-order chi connectivity index (χ1) is 10.4. The quantitative estimate of drug-likeness (QED) is 0.770. The highest BCUT2D eigenvalue weighted by molar-refractivity contribution is 5.86. The van der Waals surface area contributed by atoms with E-state index in [9.17, 15) is 14.4 Å². The lowest BCUT2D eigenvalue weighted by molar-refractivity contribution is -0.139. The fourth-order valence-corrected chi connectivity index (χ4v) is 2.29. The number of carbonyl (C=O) groups is 3. The first-order valence-electron chi connectivity index (χ1n) is 7.84. The van der Waals surface area contributed by atoms with Crippen LogP contribution in [-0.2, 0) is 14.3 Å². The number of rotatable bonds is 6. The van der Waals surface area contributed by atoms with Gasteiger partial charge in [0.05, 0.1) is 12.5 Å². The van der Waals surface area contributed by atoms with E-state index in [1.54, 1.807) is 34.7 Å². The van der Waals surface area contributed by atoms with Crippen molar-refractivity contribution < 1.29 is 19.1 Å². The number of hydrogen-bond donors (Lipinski definition) is 2. The average Bonchev–Trinajstić information content (AvgIpc) is 2.35. The summed E-state index contributed by atoms with van der Waals surface area (Å²) in [6.45, 7) is 10.9. The SMILES string of the molecule is CNC(=O)CN(C)C(=O)[C@@H](C(C)C)[C@H](C)NC(=O)OC(C)(C)C. The lowest BCUT2D eigenvalue weighted by Gasteiger charge is -2.31. The number of likely N-dealkylation sites (N-methyl/N-ethyl adjacent to an activating group) is 2. The molecular weight excluding hydrogens is 298 g/mol. The van der Waals surface area contributed by atoms with Crippen LogP contribution in [0.25, 0.3) is 0 Å². The van der Waals surface area contributed by atoms with Crippen molar-refractivity contribution in [1.29, 1.82) is 0 Å². The van der Waals surface area contributed by atoms with Crippen LogP contribution in [0.3, 0.4) is 0 Å². The highest BCUT2D eigenvalue weighted by Gasteiger charge is 2.32. The van der Waals surface area contributed by atoms with Crippen LogP contribution in [0.15, 0.2) is 0 Å². The predicted octanol–water partition coefficient (Wildman–Crippen LogP) is 1.38. The minimum Gasteiger partial charge on any atom is -0.444 e. The molecule has 3 amide bonds. The van der Waals surface area contributed by atoms with E-state index in [0.29, 0.717) is 0 Å². The Hall–Kier alpha value is -1.79. The molecule has 0 fully saturated rings. The lowest BCUT2D eigenvalue weighted by atomic mass is 9.88. The number of amides is 3. The van der Waals surface area contributed by atoms with Crippen LogP contribution < -0.4 is 10.6 Å². The smallest absolute Gasteiger partial charge is 0.407 e. The van der Waals surface area contributed by atoms with E-state index in [1.807, 2.05) is 13.8 Å². The Balaban J connectivity index is 4.92. The first-order valence-corrected chi connectivity index (χ1v) is 7.84. The number of hydrogen-bond acceptors (Lipinski definition) is 4. The molecule has 23 heavy (non-hydrogen) atoms. The van der Waals surface area contributed by atoms with E-state index in [1.165, 1.54) is 11.9 Å². The minimum atomic E-state index is -0.600. The molecule has 0 aliphatic heterocycles. The van der Waals surface area contributed by atoms with E-state index in [-0.39, 0.29) is 24.3 Å². The van der Waals surface area contributed by atoms with Gasteiger partial charge in [-0.1, -0.05) is 13.8 Å². The van der Waals surface area contributed by atoms with Crippen molar-refractivity contribution in [2.75, 3.05) is 20.6 Å². The standard InChI is InChI=1S/C16H31N3O4/c1-10(2)13(14(21)19(8)9-12(20)17-7)11(3)18-15(22)23-16(4,5)6/h10-11,13H,9H2,1-8H3,(H,17,20)(H,18,22)/t11-,13-/m0/s1. The van der Waals surface area contributed by atoms with Crippen molar-refractivity contribution in [1.82, 2.24) is 15.5 Å². The zero-order chi connectivity index (χ0) is 18.4. The van der Waals surface area contributed by atoms with Crippen molar-refractivity contribution >= 4 is 17.9 Å². The van der Waals surface area contributed by atoms with Crippen LogP contribution in [-0.4, -0.2) is 55.1 Å². The van der Waals surface area contributed by atoms with Crippen LogP contribution in [0, 0.1) is 11.8 Å². The number of carbonyl (C=O) groups excluding carboxylic acids is 3. The lowest BCUT2D eigenvalue weighted by Crippen LogP contribution is -2.50. The van der Waals surface area contributed by atoms with Crippen LogP contribution in [0.2, 0.25) is 0 Å². The van der Waals surface area contributed by atoms with E-state index < -0.39 is 23.7 Å². The molecule has 0 saturated carbocycles. The maximum absolute atomic E-state index is 12.6. The van der Waals surface area contributed by atoms with Gasteiger partial charge in [-0.25, -0.2) is 4.79 Å². The maximum Gasteiger partial charge on any atom is 0.407 e. The van der Waals surface area contributed by atoms with E-state index in [2.05, 4.69) is 10.6 Å². The van der Waals surface area contributed by atoms with Crippen LogP contribution >= 0.6 is 0 Å². The Kier molecular flexibility index (Phi) is 8.06. The second-order valence-electron chi connectivity index (χ2n) is 7.07. The molecule has 0 saturated heterocycles. The average molecular weight is 329 g/mol. The second kappa shape index (κ2) is 8.74. The third-order valence-corrected chi connectivity index (χ3v) is 3.32. The normalized spacial score (nSPS) is 14.0. The Bertz CT molecular complexity index is 430. The Labute approximate surface area is 139 Å². The van der Waals surface area contributed by atoms with Gasteiger partial charge >= 0.3 is 6.09 Å². The summed E-state index contributed by atoms with van der Waals surface area (Å²) in [6, 6.07) is -0.413. The van der Waals surface area contributed by atoms with Gasteiger partial charge < -0.3 is 20.3 Å². The molecule has 134 valence electrons. The van der Waals surface area contributed by atoms with Gasteiger partial charge in [-0.05, 0) is 33.6 Å². The summed E-state index contributed by atoms with van der Waals surface area (Å²) in [5.74, 6) is -0.875. The Morgan fingerprint density at radius 1 is 1.13 bits per heavy atom. The number of nitrogens with one attached hydrogen (secondary N) is 2. The molecule has 0 spiro atoms. The summed E-state index contributed by atoms with van der Waals surface area (Å²) in [5, 5.41) is 5.20. The molecule has 0 rings (SSSR count). The maximum atomic E-state index is 12.6. The molecule has 0 aliphatic rings. The molecule has 0 aliphatic carbocycles. The largest absolute Gasteiger partial charge is 0.444 e. The molecule has 7 nitrogen and oxygen atoms in total. The number of alkyl carbamates (subject to hydrolysis) is 1. The summed E-state index contributed by atoms with van der Waals surface area (Å²) in [6.07, 6.45) is -0.558. The molecule has 2 N–H and O–H groups in total. The highest BCUT2D eigenvalue weighted by atomic mass is 16.6. The van der Waals surface area contributed by atoms with E-state index in [4.69, 9.17) is 4.74 Å².